The van der Waals surface area contributed by atoms with Gasteiger partial charge in [-0.2, -0.15) is 0 Å². The number of nitrogens with two attached hydrogens (primary N) is 1. The van der Waals surface area contributed by atoms with Gasteiger partial charge in [-0.1, -0.05) is 64.5 Å². The number of hydrogen-bond acceptors (Lipinski definition) is 8. The normalized spacial score (nSPS) is 21.6. The lowest BCUT2D eigenvalue weighted by molar-refractivity contribution is -0.130. The molecule has 0 saturated carbocycles. The van der Waals surface area contributed by atoms with E-state index >= 15 is 0 Å². The molecule has 0 amide bonds. The molecule has 1 aliphatic rings. The number of anilines is 1. The van der Waals surface area contributed by atoms with Crippen LogP contribution >= 0.6 is 46.4 Å². The molecule has 3 heterocycles. The van der Waals surface area contributed by atoms with Crippen LogP contribution < -0.4 is 5.73 Å². The number of rotatable bonds is 8. The first-order chi connectivity index (χ1) is 20.5. The number of aliphatic hydroxyl groups is 1. The number of ether oxygens (including phenoxy) is 3. The molecule has 224 valence electrons. The first kappa shape index (κ1) is 31.3. The molecule has 4 atom stereocenters. The second-order valence-corrected chi connectivity index (χ2v) is 11.6. The van der Waals surface area contributed by atoms with E-state index < -0.39 is 30.0 Å². The minimum absolute atomic E-state index is 0.00657. The monoisotopic (exact) mass is 664 g/mol. The number of nitrogens with zero attached hydrogens (tertiary/aromatic N) is 3. The lowest BCUT2D eigenvalue weighted by atomic mass is 9.96. The fraction of sp³-hybridized carbons (Fsp3) is 0.276. The van der Waals surface area contributed by atoms with Crippen molar-refractivity contribution >= 4 is 69.2 Å². The van der Waals surface area contributed by atoms with Crippen LogP contribution in [0.2, 0.25) is 20.1 Å². The molecule has 43 heavy (non-hydrogen) atoms. The van der Waals surface area contributed by atoms with Crippen LogP contribution in [0.25, 0.3) is 11.0 Å². The second-order valence-electron chi connectivity index (χ2n) is 9.93. The third-order valence-corrected chi connectivity index (χ3v) is 8.07. The van der Waals surface area contributed by atoms with E-state index in [0.717, 1.165) is 0 Å². The van der Waals surface area contributed by atoms with Crippen molar-refractivity contribution in [2.45, 2.75) is 44.2 Å². The number of halogens is 4. The van der Waals surface area contributed by atoms with Crippen molar-refractivity contribution in [3.8, 4) is 11.8 Å². The van der Waals surface area contributed by atoms with Crippen LogP contribution in [0.15, 0.2) is 48.9 Å². The zero-order valence-corrected chi connectivity index (χ0v) is 25.5. The fourth-order valence-corrected chi connectivity index (χ4v) is 5.81. The SMILES string of the molecule is C[C@]1(O)C(n2cc(C#CC(=O)O)c3c(N)ncnc32)O[C@H](COCc2ccc(Cl)cc2Cl)[C@H]1OCc1ccc(Cl)cc1Cl. The summed E-state index contributed by atoms with van der Waals surface area (Å²) in [5, 5.41) is 23.2. The lowest BCUT2D eigenvalue weighted by Crippen LogP contribution is -2.46. The minimum atomic E-state index is -1.67. The van der Waals surface area contributed by atoms with Crippen LogP contribution in [0.4, 0.5) is 5.82 Å². The van der Waals surface area contributed by atoms with Crippen LogP contribution in [-0.4, -0.2) is 55.1 Å². The molecule has 0 radical (unpaired) electrons. The summed E-state index contributed by atoms with van der Waals surface area (Å²) < 4.78 is 20.1. The molecule has 10 nitrogen and oxygen atoms in total. The number of carbonyl (C=O) groups is 1. The van der Waals surface area contributed by atoms with Gasteiger partial charge in [0.15, 0.2) is 6.23 Å². The smallest absolute Gasteiger partial charge is 0.382 e. The zero-order valence-electron chi connectivity index (χ0n) is 22.4. The van der Waals surface area contributed by atoms with Gasteiger partial charge in [0.05, 0.1) is 30.8 Å². The Morgan fingerprint density at radius 3 is 2.37 bits per heavy atom. The Morgan fingerprint density at radius 2 is 1.74 bits per heavy atom. The van der Waals surface area contributed by atoms with Gasteiger partial charge in [0.25, 0.3) is 0 Å². The Labute approximate surface area is 266 Å². The molecule has 2 aromatic heterocycles. The molecule has 4 N–H and O–H groups in total. The lowest BCUT2D eigenvalue weighted by Gasteiger charge is -2.30. The number of aromatic nitrogens is 3. The molecular formula is C29H24Cl4N4O6. The largest absolute Gasteiger partial charge is 0.472 e. The summed E-state index contributed by atoms with van der Waals surface area (Å²) in [6, 6.07) is 10.1. The topological polar surface area (TPSA) is 142 Å². The highest BCUT2D eigenvalue weighted by Crippen LogP contribution is 2.43. The van der Waals surface area contributed by atoms with Crippen LogP contribution in [0.5, 0.6) is 0 Å². The number of benzene rings is 2. The summed E-state index contributed by atoms with van der Waals surface area (Å²) in [7, 11) is 0. The molecule has 1 saturated heterocycles. The van der Waals surface area contributed by atoms with Gasteiger partial charge in [-0.15, -0.1) is 0 Å². The summed E-state index contributed by atoms with van der Waals surface area (Å²) in [5.74, 6) is 3.40. The summed E-state index contributed by atoms with van der Waals surface area (Å²) in [5.41, 5.74) is 6.32. The number of aliphatic carboxylic acids is 1. The number of hydrogen-bond donors (Lipinski definition) is 3. The Morgan fingerprint density at radius 1 is 1.09 bits per heavy atom. The van der Waals surface area contributed by atoms with Gasteiger partial charge in [-0.3, -0.25) is 0 Å². The number of carboxylic acids is 1. The van der Waals surface area contributed by atoms with E-state index in [-0.39, 0.29) is 36.8 Å². The van der Waals surface area contributed by atoms with Crippen LogP contribution in [0.3, 0.4) is 0 Å². The number of nitrogen functional groups attached to an aromatic ring is 1. The molecule has 14 heteroatoms. The van der Waals surface area contributed by atoms with Crippen molar-refractivity contribution in [3.63, 3.8) is 0 Å². The van der Waals surface area contributed by atoms with Crippen molar-refractivity contribution in [1.82, 2.24) is 14.5 Å². The van der Waals surface area contributed by atoms with Gasteiger partial charge in [-0.05, 0) is 42.3 Å². The number of carboxylic acid groups (broad SMARTS) is 1. The maximum Gasteiger partial charge on any atom is 0.382 e. The Balaban J connectivity index is 1.48. The molecule has 0 spiro atoms. The van der Waals surface area contributed by atoms with Gasteiger partial charge in [0, 0.05) is 32.2 Å². The van der Waals surface area contributed by atoms with E-state index in [4.69, 9.17) is 71.5 Å². The Kier molecular flexibility index (Phi) is 9.37. The predicted octanol–water partition coefficient (Wildman–Crippen LogP) is 5.51. The van der Waals surface area contributed by atoms with Crippen molar-refractivity contribution < 1.29 is 29.2 Å². The molecule has 2 aromatic carbocycles. The highest BCUT2D eigenvalue weighted by atomic mass is 35.5. The summed E-state index contributed by atoms with van der Waals surface area (Å²) in [4.78, 5) is 19.5. The van der Waals surface area contributed by atoms with Crippen molar-refractivity contribution in [2.75, 3.05) is 12.3 Å². The molecule has 0 bridgehead atoms. The first-order valence-electron chi connectivity index (χ1n) is 12.8. The molecular weight excluding hydrogens is 642 g/mol. The third kappa shape index (κ3) is 6.70. The van der Waals surface area contributed by atoms with E-state index in [1.165, 1.54) is 17.1 Å². The van der Waals surface area contributed by atoms with E-state index in [2.05, 4.69) is 21.8 Å². The molecule has 0 aliphatic carbocycles. The zero-order chi connectivity index (χ0) is 30.9. The molecule has 5 rings (SSSR count). The van der Waals surface area contributed by atoms with E-state index in [1.54, 1.807) is 43.3 Å². The van der Waals surface area contributed by atoms with Crippen LogP contribution in [0, 0.1) is 11.8 Å². The standard InChI is InChI=1S/C29H24Cl4N4O6/c1-29(40)25(42-12-17-3-6-19(31)9-21(17)33)22(13-41-11-16-2-5-18(30)8-20(16)32)43-28(29)37-10-15(4-7-23(38)39)24-26(34)35-14-36-27(24)37/h2-3,5-6,8-10,14,22,25,28,40H,11-13H2,1H3,(H,38,39)(H2,34,35,36)/t22-,25-,28?,29-/m1/s1. The maximum absolute atomic E-state index is 12.0. The quantitative estimate of drug-likeness (QED) is 0.208. The van der Waals surface area contributed by atoms with E-state index in [9.17, 15) is 9.90 Å². The Hall–Kier alpha value is -3.11. The number of fused-ring (bicyclic) bond motifs is 1. The molecule has 1 fully saturated rings. The van der Waals surface area contributed by atoms with E-state index in [1.807, 2.05) is 0 Å². The fourth-order valence-electron chi connectivity index (χ4n) is 4.89. The highest BCUT2D eigenvalue weighted by molar-refractivity contribution is 6.35. The van der Waals surface area contributed by atoms with Crippen molar-refractivity contribution in [3.05, 3.63) is 85.7 Å². The van der Waals surface area contributed by atoms with Gasteiger partial charge < -0.3 is 34.7 Å². The maximum atomic E-state index is 12.0. The van der Waals surface area contributed by atoms with E-state index in [0.29, 0.717) is 36.6 Å². The molecule has 1 unspecified atom stereocenters. The van der Waals surface area contributed by atoms with Gasteiger partial charge in [0.2, 0.25) is 0 Å². The minimum Gasteiger partial charge on any atom is -0.472 e. The van der Waals surface area contributed by atoms with Gasteiger partial charge >= 0.3 is 5.97 Å². The average molecular weight is 666 g/mol. The Bertz CT molecular complexity index is 1750. The average Bonchev–Trinajstić information content (AvgIpc) is 3.42. The van der Waals surface area contributed by atoms with Crippen molar-refractivity contribution in [1.29, 1.82) is 0 Å². The highest BCUT2D eigenvalue weighted by Gasteiger charge is 2.55. The van der Waals surface area contributed by atoms with Gasteiger partial charge in [-0.25, -0.2) is 14.8 Å². The molecule has 1 aliphatic heterocycles. The second kappa shape index (κ2) is 12.9. The third-order valence-electron chi connectivity index (χ3n) is 6.90. The summed E-state index contributed by atoms with van der Waals surface area (Å²) in [6.07, 6.45) is -0.0473. The van der Waals surface area contributed by atoms with Crippen LogP contribution in [-0.2, 0) is 32.2 Å². The van der Waals surface area contributed by atoms with Gasteiger partial charge in [0.1, 0.15) is 35.6 Å². The first-order valence-corrected chi connectivity index (χ1v) is 14.3. The molecule has 4 aromatic rings. The summed E-state index contributed by atoms with van der Waals surface area (Å²) >= 11 is 24.7. The predicted molar refractivity (Wildman–Crippen MR) is 162 cm³/mol. The summed E-state index contributed by atoms with van der Waals surface area (Å²) in [6.45, 7) is 1.74. The van der Waals surface area contributed by atoms with Crippen LogP contribution in [0.1, 0.15) is 29.8 Å². The van der Waals surface area contributed by atoms with Crippen molar-refractivity contribution in [2.24, 2.45) is 0 Å².